The van der Waals surface area contributed by atoms with Crippen LogP contribution in [0.15, 0.2) is 18.2 Å². The maximum absolute atomic E-state index is 5.31. The molecule has 0 saturated carbocycles. The van der Waals surface area contributed by atoms with Crippen molar-refractivity contribution in [2.24, 2.45) is 0 Å². The van der Waals surface area contributed by atoms with Gasteiger partial charge in [-0.05, 0) is 58.6 Å². The van der Waals surface area contributed by atoms with Crippen LogP contribution in [0.4, 0.5) is 0 Å². The predicted molar refractivity (Wildman–Crippen MR) is 94.0 cm³/mol. The molecule has 5 nitrogen and oxygen atoms in total. The summed E-state index contributed by atoms with van der Waals surface area (Å²) < 4.78 is 5.31. The molecule has 1 aliphatic rings. The van der Waals surface area contributed by atoms with Gasteiger partial charge >= 0.3 is 0 Å². The number of nitrogens with zero attached hydrogens (tertiary/aromatic N) is 3. The van der Waals surface area contributed by atoms with Gasteiger partial charge in [0.05, 0.1) is 24.2 Å². The number of benzene rings is 1. The molecule has 2 aromatic rings. The van der Waals surface area contributed by atoms with Gasteiger partial charge in [0.2, 0.25) is 0 Å². The summed E-state index contributed by atoms with van der Waals surface area (Å²) in [4.78, 5) is 13.3. The quantitative estimate of drug-likeness (QED) is 0.921. The number of imidazole rings is 1. The summed E-state index contributed by atoms with van der Waals surface area (Å²) in [6.07, 6.45) is 3.52. The first-order valence-electron chi connectivity index (χ1n) is 8.56. The Kier molecular flexibility index (Phi) is 4.87. The molecular formula is C18H28N4O. The number of ether oxygens (including phenoxy) is 1. The van der Waals surface area contributed by atoms with Crippen LogP contribution in [0, 0.1) is 0 Å². The van der Waals surface area contributed by atoms with Crippen LogP contribution in [0.3, 0.4) is 0 Å². The van der Waals surface area contributed by atoms with E-state index in [0.29, 0.717) is 12.1 Å². The number of hydrogen-bond donors (Lipinski definition) is 1. The summed E-state index contributed by atoms with van der Waals surface area (Å²) >= 11 is 0. The minimum absolute atomic E-state index is 0.335. The SMILES string of the molecule is CCC(c1nc2ccc(OC)cc2[nH]1)N(C)C1CCN(C)CC1. The average Bonchev–Trinajstić information content (AvgIpc) is 2.98. The molecule has 0 amide bonds. The van der Waals surface area contributed by atoms with E-state index < -0.39 is 0 Å². The largest absolute Gasteiger partial charge is 0.497 e. The number of rotatable bonds is 5. The number of fused-ring (bicyclic) bond motifs is 1. The fraction of sp³-hybridized carbons (Fsp3) is 0.611. The van der Waals surface area contributed by atoms with E-state index in [1.165, 1.54) is 25.9 Å². The number of aromatic amines is 1. The third kappa shape index (κ3) is 3.35. The molecule has 1 N–H and O–H groups in total. The van der Waals surface area contributed by atoms with Gasteiger partial charge in [-0.15, -0.1) is 0 Å². The Morgan fingerprint density at radius 2 is 2.13 bits per heavy atom. The van der Waals surface area contributed by atoms with Gasteiger partial charge in [-0.2, -0.15) is 0 Å². The number of aromatic nitrogens is 2. The molecule has 1 aromatic heterocycles. The fourth-order valence-electron chi connectivity index (χ4n) is 3.62. The number of piperidine rings is 1. The van der Waals surface area contributed by atoms with Crippen molar-refractivity contribution in [2.75, 3.05) is 34.3 Å². The standard InChI is InChI=1S/C18H28N4O/c1-5-17(22(3)13-8-10-21(2)11-9-13)18-19-15-7-6-14(23-4)12-16(15)20-18/h6-7,12-13,17H,5,8-11H2,1-4H3,(H,19,20). The number of H-pyrrole nitrogens is 1. The first-order chi connectivity index (χ1) is 11.1. The smallest absolute Gasteiger partial charge is 0.124 e. The lowest BCUT2D eigenvalue weighted by Crippen LogP contribution is -2.43. The molecule has 23 heavy (non-hydrogen) atoms. The molecule has 1 saturated heterocycles. The van der Waals surface area contributed by atoms with E-state index in [1.54, 1.807) is 7.11 Å². The lowest BCUT2D eigenvalue weighted by atomic mass is 10.0. The van der Waals surface area contributed by atoms with Gasteiger partial charge in [0.15, 0.2) is 0 Å². The molecular weight excluding hydrogens is 288 g/mol. The third-order valence-electron chi connectivity index (χ3n) is 5.17. The number of likely N-dealkylation sites (tertiary alicyclic amines) is 1. The van der Waals surface area contributed by atoms with Crippen LogP contribution in [0.1, 0.15) is 38.1 Å². The summed E-state index contributed by atoms with van der Waals surface area (Å²) in [6, 6.07) is 6.99. The molecule has 1 atom stereocenters. The monoisotopic (exact) mass is 316 g/mol. The second-order valence-corrected chi connectivity index (χ2v) is 6.63. The van der Waals surface area contributed by atoms with Gasteiger partial charge in [0.25, 0.3) is 0 Å². The van der Waals surface area contributed by atoms with Crippen molar-refractivity contribution >= 4 is 11.0 Å². The molecule has 1 unspecified atom stereocenters. The zero-order valence-corrected chi connectivity index (χ0v) is 14.7. The molecule has 1 aliphatic heterocycles. The molecule has 126 valence electrons. The van der Waals surface area contributed by atoms with E-state index in [1.807, 2.05) is 18.2 Å². The Balaban J connectivity index is 1.82. The van der Waals surface area contributed by atoms with E-state index in [9.17, 15) is 0 Å². The maximum Gasteiger partial charge on any atom is 0.124 e. The van der Waals surface area contributed by atoms with E-state index >= 15 is 0 Å². The topological polar surface area (TPSA) is 44.4 Å². The molecule has 2 heterocycles. The Morgan fingerprint density at radius 1 is 1.39 bits per heavy atom. The van der Waals surface area contributed by atoms with Gasteiger partial charge in [0.1, 0.15) is 11.6 Å². The van der Waals surface area contributed by atoms with Gasteiger partial charge < -0.3 is 14.6 Å². The van der Waals surface area contributed by atoms with E-state index in [2.05, 4.69) is 35.8 Å². The number of hydrogen-bond acceptors (Lipinski definition) is 4. The Bertz CT molecular complexity index is 646. The highest BCUT2D eigenvalue weighted by atomic mass is 16.5. The van der Waals surface area contributed by atoms with Crippen molar-refractivity contribution in [1.82, 2.24) is 19.8 Å². The molecule has 5 heteroatoms. The van der Waals surface area contributed by atoms with Crippen LogP contribution in [-0.4, -0.2) is 60.1 Å². The third-order valence-corrected chi connectivity index (χ3v) is 5.17. The van der Waals surface area contributed by atoms with Gasteiger partial charge in [-0.3, -0.25) is 4.90 Å². The van der Waals surface area contributed by atoms with Gasteiger partial charge in [-0.1, -0.05) is 6.92 Å². The van der Waals surface area contributed by atoms with E-state index in [-0.39, 0.29) is 0 Å². The van der Waals surface area contributed by atoms with Crippen molar-refractivity contribution in [3.63, 3.8) is 0 Å². The Hall–Kier alpha value is -1.59. The zero-order chi connectivity index (χ0) is 16.4. The first-order valence-corrected chi connectivity index (χ1v) is 8.56. The molecule has 0 radical (unpaired) electrons. The lowest BCUT2D eigenvalue weighted by Gasteiger charge is -2.38. The fourth-order valence-corrected chi connectivity index (χ4v) is 3.62. The first kappa shape index (κ1) is 16.3. The number of nitrogens with one attached hydrogen (secondary N) is 1. The van der Waals surface area contributed by atoms with Gasteiger partial charge in [0, 0.05) is 12.1 Å². The second kappa shape index (κ2) is 6.89. The van der Waals surface area contributed by atoms with Crippen molar-refractivity contribution in [2.45, 2.75) is 38.3 Å². The summed E-state index contributed by atoms with van der Waals surface area (Å²) in [7, 11) is 6.15. The van der Waals surface area contributed by atoms with Crippen LogP contribution in [0.5, 0.6) is 5.75 Å². The average molecular weight is 316 g/mol. The van der Waals surface area contributed by atoms with Crippen molar-refractivity contribution in [3.8, 4) is 5.75 Å². The minimum atomic E-state index is 0.335. The Labute approximate surface area is 138 Å². The highest BCUT2D eigenvalue weighted by Gasteiger charge is 2.27. The second-order valence-electron chi connectivity index (χ2n) is 6.63. The normalized spacial score (nSPS) is 18.7. The van der Waals surface area contributed by atoms with Crippen LogP contribution in [0.25, 0.3) is 11.0 Å². The highest BCUT2D eigenvalue weighted by Crippen LogP contribution is 2.29. The predicted octanol–water partition coefficient (Wildman–Crippen LogP) is 3.05. The maximum atomic E-state index is 5.31. The van der Waals surface area contributed by atoms with Gasteiger partial charge in [-0.25, -0.2) is 4.98 Å². The van der Waals surface area contributed by atoms with Crippen LogP contribution < -0.4 is 4.74 Å². The van der Waals surface area contributed by atoms with Crippen LogP contribution in [0.2, 0.25) is 0 Å². The van der Waals surface area contributed by atoms with Crippen molar-refractivity contribution in [3.05, 3.63) is 24.0 Å². The molecule has 3 rings (SSSR count). The number of methoxy groups -OCH3 is 1. The van der Waals surface area contributed by atoms with Crippen LogP contribution in [-0.2, 0) is 0 Å². The van der Waals surface area contributed by atoms with E-state index in [4.69, 9.17) is 9.72 Å². The van der Waals surface area contributed by atoms with Crippen LogP contribution >= 0.6 is 0 Å². The lowest BCUT2D eigenvalue weighted by molar-refractivity contribution is 0.101. The molecule has 0 aliphatic carbocycles. The van der Waals surface area contributed by atoms with Crippen molar-refractivity contribution < 1.29 is 4.74 Å². The molecule has 1 fully saturated rings. The summed E-state index contributed by atoms with van der Waals surface area (Å²) in [5, 5.41) is 0. The van der Waals surface area contributed by atoms with E-state index in [0.717, 1.165) is 29.0 Å². The summed E-state index contributed by atoms with van der Waals surface area (Å²) in [6.45, 7) is 4.61. The van der Waals surface area contributed by atoms with Crippen molar-refractivity contribution in [1.29, 1.82) is 0 Å². The molecule has 0 bridgehead atoms. The highest BCUT2D eigenvalue weighted by molar-refractivity contribution is 5.76. The molecule has 0 spiro atoms. The molecule has 1 aromatic carbocycles. The summed E-state index contributed by atoms with van der Waals surface area (Å²) in [5.74, 6) is 1.93. The summed E-state index contributed by atoms with van der Waals surface area (Å²) in [5.41, 5.74) is 2.06. The zero-order valence-electron chi connectivity index (χ0n) is 14.7. The minimum Gasteiger partial charge on any atom is -0.497 e. The Morgan fingerprint density at radius 3 is 2.78 bits per heavy atom.